The Bertz CT molecular complexity index is 675. The number of carbonyl (C=O) groups is 2. The number of carbonyl (C=O) groups excluding carboxylic acids is 2. The van der Waals surface area contributed by atoms with Crippen LogP contribution in [-0.2, 0) is 4.79 Å². The van der Waals surface area contributed by atoms with Crippen LogP contribution in [0.2, 0.25) is 0 Å². The summed E-state index contributed by atoms with van der Waals surface area (Å²) in [7, 11) is 0. The van der Waals surface area contributed by atoms with Crippen LogP contribution in [0.15, 0.2) is 47.3 Å². The van der Waals surface area contributed by atoms with Gasteiger partial charge in [-0.2, -0.15) is 0 Å². The molecule has 0 fully saturated rings. The van der Waals surface area contributed by atoms with Crippen LogP contribution < -0.4 is 16.0 Å². The molecule has 1 aromatic carbocycles. The van der Waals surface area contributed by atoms with Crippen molar-refractivity contribution in [3.63, 3.8) is 0 Å². The molecule has 0 unspecified atom stereocenters. The molecule has 120 valence electrons. The second-order valence-corrected chi connectivity index (χ2v) is 6.40. The van der Waals surface area contributed by atoms with Gasteiger partial charge in [0.25, 0.3) is 0 Å². The van der Waals surface area contributed by atoms with Crippen LogP contribution >= 0.6 is 23.1 Å². The minimum absolute atomic E-state index is 0.0816. The number of imide groups is 1. The lowest BCUT2D eigenvalue weighted by molar-refractivity contribution is -0.117. The number of urea groups is 1. The van der Waals surface area contributed by atoms with Crippen LogP contribution in [0.1, 0.15) is 0 Å². The number of rotatable bonds is 7. The molecule has 0 atom stereocenters. The molecule has 1 aromatic heterocycles. The van der Waals surface area contributed by atoms with E-state index in [-0.39, 0.29) is 5.75 Å². The van der Waals surface area contributed by atoms with Crippen LogP contribution in [0.25, 0.3) is 0 Å². The van der Waals surface area contributed by atoms with Gasteiger partial charge in [-0.3, -0.25) is 10.1 Å². The second-order valence-electron chi connectivity index (χ2n) is 4.20. The van der Waals surface area contributed by atoms with E-state index in [4.69, 9.17) is 0 Å². The zero-order valence-corrected chi connectivity index (χ0v) is 13.7. The molecule has 23 heavy (non-hydrogen) atoms. The number of benzene rings is 1. The first-order chi connectivity index (χ1) is 11.2. The Morgan fingerprint density at radius 1 is 1.26 bits per heavy atom. The molecule has 0 aliphatic rings. The minimum atomic E-state index is -0.563. The average Bonchev–Trinajstić information content (AvgIpc) is 2.99. The van der Waals surface area contributed by atoms with E-state index in [1.165, 1.54) is 23.1 Å². The van der Waals surface area contributed by atoms with Crippen molar-refractivity contribution in [2.24, 2.45) is 0 Å². The molecule has 0 saturated carbocycles. The van der Waals surface area contributed by atoms with Crippen molar-refractivity contribution in [2.45, 2.75) is 4.34 Å². The van der Waals surface area contributed by atoms with Gasteiger partial charge >= 0.3 is 6.03 Å². The fraction of sp³-hybridized carbons (Fsp3) is 0.143. The SMILES string of the molecule is C=CCNc1nnc(SCC(=O)NC(=O)Nc2ccccc2)s1. The molecule has 3 N–H and O–H groups in total. The molecule has 2 aromatic rings. The van der Waals surface area contributed by atoms with E-state index in [0.29, 0.717) is 21.7 Å². The molecule has 2 rings (SSSR count). The minimum Gasteiger partial charge on any atom is -0.357 e. The fourth-order valence-corrected chi connectivity index (χ4v) is 3.03. The summed E-state index contributed by atoms with van der Waals surface area (Å²) < 4.78 is 0.648. The van der Waals surface area contributed by atoms with Gasteiger partial charge in [-0.15, -0.1) is 16.8 Å². The lowest BCUT2D eigenvalue weighted by Gasteiger charge is -2.05. The highest BCUT2D eigenvalue weighted by Gasteiger charge is 2.11. The lowest BCUT2D eigenvalue weighted by atomic mass is 10.3. The Kier molecular flexibility index (Phi) is 6.57. The Morgan fingerprint density at radius 2 is 2.04 bits per heavy atom. The summed E-state index contributed by atoms with van der Waals surface area (Å²) in [4.78, 5) is 23.4. The maximum atomic E-state index is 11.7. The normalized spacial score (nSPS) is 9.91. The molecule has 0 bridgehead atoms. The van der Waals surface area contributed by atoms with Crippen molar-refractivity contribution < 1.29 is 9.59 Å². The van der Waals surface area contributed by atoms with Gasteiger partial charge in [-0.05, 0) is 12.1 Å². The van der Waals surface area contributed by atoms with Gasteiger partial charge in [-0.1, -0.05) is 47.4 Å². The Morgan fingerprint density at radius 3 is 2.78 bits per heavy atom. The van der Waals surface area contributed by atoms with Crippen molar-refractivity contribution in [1.82, 2.24) is 15.5 Å². The Labute approximate surface area is 141 Å². The van der Waals surface area contributed by atoms with E-state index in [1.807, 2.05) is 6.07 Å². The summed E-state index contributed by atoms with van der Waals surface area (Å²) in [5, 5.41) is 16.4. The fourth-order valence-electron chi connectivity index (χ4n) is 1.47. The third kappa shape index (κ3) is 6.09. The lowest BCUT2D eigenvalue weighted by Crippen LogP contribution is -2.35. The predicted octanol–water partition coefficient (Wildman–Crippen LogP) is 2.58. The number of para-hydroxylation sites is 1. The maximum Gasteiger partial charge on any atom is 0.325 e. The zero-order chi connectivity index (χ0) is 16.5. The van der Waals surface area contributed by atoms with Crippen LogP contribution in [0.3, 0.4) is 0 Å². The van der Waals surface area contributed by atoms with Gasteiger partial charge in [0.1, 0.15) is 0 Å². The van der Waals surface area contributed by atoms with Crippen molar-refractivity contribution in [3.05, 3.63) is 43.0 Å². The third-order valence-corrected chi connectivity index (χ3v) is 4.43. The highest BCUT2D eigenvalue weighted by Crippen LogP contribution is 2.24. The number of anilines is 2. The summed E-state index contributed by atoms with van der Waals surface area (Å²) in [5.74, 6) is -0.322. The molecule has 3 amide bonds. The summed E-state index contributed by atoms with van der Waals surface area (Å²) >= 11 is 2.56. The number of amides is 3. The van der Waals surface area contributed by atoms with Crippen molar-refractivity contribution in [1.29, 1.82) is 0 Å². The number of aromatic nitrogens is 2. The van der Waals surface area contributed by atoms with Gasteiger partial charge in [0, 0.05) is 12.2 Å². The topological polar surface area (TPSA) is 96.0 Å². The van der Waals surface area contributed by atoms with Gasteiger partial charge in [0.2, 0.25) is 11.0 Å². The van der Waals surface area contributed by atoms with Gasteiger partial charge in [-0.25, -0.2) is 4.79 Å². The summed E-state index contributed by atoms with van der Waals surface area (Å²) in [6.45, 7) is 4.19. The zero-order valence-electron chi connectivity index (χ0n) is 12.1. The average molecular weight is 349 g/mol. The molecular weight excluding hydrogens is 334 g/mol. The van der Waals surface area contributed by atoms with Crippen LogP contribution in [0, 0.1) is 0 Å². The molecule has 0 spiro atoms. The third-order valence-electron chi connectivity index (χ3n) is 2.42. The van der Waals surface area contributed by atoms with Crippen LogP contribution in [0.5, 0.6) is 0 Å². The Hall–Kier alpha value is -2.39. The first kappa shape index (κ1) is 17.0. The molecule has 9 heteroatoms. The number of thioether (sulfide) groups is 1. The van der Waals surface area contributed by atoms with E-state index >= 15 is 0 Å². The molecule has 1 heterocycles. The summed E-state index contributed by atoms with van der Waals surface area (Å²) in [5.41, 5.74) is 0.618. The maximum absolute atomic E-state index is 11.7. The van der Waals surface area contributed by atoms with Crippen molar-refractivity contribution >= 4 is 45.9 Å². The summed E-state index contributed by atoms with van der Waals surface area (Å²) in [6.07, 6.45) is 1.72. The molecule has 0 aliphatic carbocycles. The highest BCUT2D eigenvalue weighted by atomic mass is 32.2. The molecule has 0 radical (unpaired) electrons. The number of hydrogen-bond acceptors (Lipinski definition) is 7. The molecule has 0 saturated heterocycles. The van der Waals surface area contributed by atoms with E-state index < -0.39 is 11.9 Å². The van der Waals surface area contributed by atoms with Gasteiger partial charge in [0.05, 0.1) is 5.75 Å². The van der Waals surface area contributed by atoms with E-state index in [1.54, 1.807) is 30.3 Å². The standard InChI is InChI=1S/C14H15N5O2S2/c1-2-8-15-13-18-19-14(23-13)22-9-11(20)17-12(21)16-10-6-4-3-5-7-10/h2-7H,1,8-9H2,(H,15,18)(H2,16,17,20,21). The Balaban J connectivity index is 1.73. The second kappa shape index (κ2) is 8.91. The van der Waals surface area contributed by atoms with Crippen LogP contribution in [-0.4, -0.2) is 34.4 Å². The number of hydrogen-bond donors (Lipinski definition) is 3. The largest absolute Gasteiger partial charge is 0.357 e. The molecule has 7 nitrogen and oxygen atoms in total. The van der Waals surface area contributed by atoms with Crippen molar-refractivity contribution in [2.75, 3.05) is 22.9 Å². The number of nitrogens with zero attached hydrogens (tertiary/aromatic N) is 2. The molecular formula is C14H15N5O2S2. The highest BCUT2D eigenvalue weighted by molar-refractivity contribution is 8.01. The van der Waals surface area contributed by atoms with Crippen LogP contribution in [0.4, 0.5) is 15.6 Å². The van der Waals surface area contributed by atoms with Crippen molar-refractivity contribution in [3.8, 4) is 0 Å². The molecule has 0 aliphatic heterocycles. The summed E-state index contributed by atoms with van der Waals surface area (Å²) in [6, 6.07) is 8.33. The van der Waals surface area contributed by atoms with E-state index in [0.717, 1.165) is 0 Å². The monoisotopic (exact) mass is 349 g/mol. The smallest absolute Gasteiger partial charge is 0.325 e. The first-order valence-electron chi connectivity index (χ1n) is 6.64. The van der Waals surface area contributed by atoms with Gasteiger partial charge in [0.15, 0.2) is 4.34 Å². The quantitative estimate of drug-likeness (QED) is 0.525. The van der Waals surface area contributed by atoms with E-state index in [2.05, 4.69) is 32.7 Å². The number of nitrogens with one attached hydrogen (secondary N) is 3. The van der Waals surface area contributed by atoms with Gasteiger partial charge < -0.3 is 10.6 Å². The van der Waals surface area contributed by atoms with E-state index in [9.17, 15) is 9.59 Å². The predicted molar refractivity (Wildman–Crippen MR) is 92.9 cm³/mol. The first-order valence-corrected chi connectivity index (χ1v) is 8.44.